The van der Waals surface area contributed by atoms with Crippen LogP contribution in [0.4, 0.5) is 0 Å². The lowest BCUT2D eigenvalue weighted by Crippen LogP contribution is -2.35. The number of benzene rings is 1. The molecule has 1 N–H and O–H groups in total. The van der Waals surface area contributed by atoms with Crippen LogP contribution < -0.4 is 0 Å². The molecule has 0 bridgehead atoms. The summed E-state index contributed by atoms with van der Waals surface area (Å²) in [5, 5.41) is 12.9. The van der Waals surface area contributed by atoms with E-state index in [1.807, 2.05) is 6.07 Å². The first-order chi connectivity index (χ1) is 10.4. The van der Waals surface area contributed by atoms with E-state index < -0.39 is 22.5 Å². The summed E-state index contributed by atoms with van der Waals surface area (Å²) in [6.07, 6.45) is 3.88. The molecule has 22 heavy (non-hydrogen) atoms. The molecule has 0 aliphatic rings. The van der Waals surface area contributed by atoms with Crippen LogP contribution in [0.2, 0.25) is 0 Å². The van der Waals surface area contributed by atoms with Gasteiger partial charge in [-0.3, -0.25) is 4.79 Å². The zero-order valence-corrected chi connectivity index (χ0v) is 12.5. The second-order valence-corrected chi connectivity index (χ2v) is 6.37. The lowest BCUT2D eigenvalue weighted by atomic mass is 10.3. The van der Waals surface area contributed by atoms with Crippen molar-refractivity contribution >= 4 is 16.0 Å². The average molecular weight is 321 g/mol. The van der Waals surface area contributed by atoms with Gasteiger partial charge in [-0.2, -0.15) is 9.40 Å². The number of hydrogen-bond donors (Lipinski definition) is 1. The molecule has 2 aromatic rings. The second kappa shape index (κ2) is 6.54. The molecule has 1 aromatic carbocycles. The Morgan fingerprint density at radius 1 is 1.36 bits per heavy atom. The Morgan fingerprint density at radius 2 is 2.05 bits per heavy atom. The molecule has 0 fully saturated rings. The first-order valence-electron chi connectivity index (χ1n) is 6.38. The van der Waals surface area contributed by atoms with Gasteiger partial charge in [0.25, 0.3) is 0 Å². The number of nitrogens with zero attached hydrogens (tertiary/aromatic N) is 3. The molecule has 2 rings (SSSR count). The fraction of sp³-hybridized carbons (Fsp3) is 0.143. The zero-order valence-electron chi connectivity index (χ0n) is 11.7. The van der Waals surface area contributed by atoms with E-state index in [1.54, 1.807) is 24.3 Å². The molecule has 1 aromatic heterocycles. The van der Waals surface area contributed by atoms with E-state index >= 15 is 0 Å². The molecule has 0 aliphatic carbocycles. The Bertz CT molecular complexity index is 768. The minimum Gasteiger partial charge on any atom is -0.480 e. The van der Waals surface area contributed by atoms with Crippen LogP contribution in [0, 0.1) is 0 Å². The fourth-order valence-corrected chi connectivity index (χ4v) is 3.15. The Hall–Kier alpha value is -2.45. The normalized spacial score (nSPS) is 11.5. The summed E-state index contributed by atoms with van der Waals surface area (Å²) in [5.41, 5.74) is 0.706. The van der Waals surface area contributed by atoms with Crippen LogP contribution in [0.1, 0.15) is 0 Å². The van der Waals surface area contributed by atoms with E-state index in [0.717, 1.165) is 4.31 Å². The summed E-state index contributed by atoms with van der Waals surface area (Å²) in [4.78, 5) is 10.8. The van der Waals surface area contributed by atoms with Crippen LogP contribution in [0.25, 0.3) is 5.69 Å². The van der Waals surface area contributed by atoms with Crippen molar-refractivity contribution in [3.63, 3.8) is 0 Å². The number of hydrogen-bond acceptors (Lipinski definition) is 4. The second-order valence-electron chi connectivity index (χ2n) is 4.44. The molecule has 0 radical (unpaired) electrons. The summed E-state index contributed by atoms with van der Waals surface area (Å²) < 4.78 is 27.2. The molecule has 0 spiro atoms. The number of rotatable bonds is 7. The number of aliphatic carboxylic acids is 1. The monoisotopic (exact) mass is 321 g/mol. The number of para-hydroxylation sites is 1. The highest BCUT2D eigenvalue weighted by Gasteiger charge is 2.27. The maximum atomic E-state index is 12.5. The van der Waals surface area contributed by atoms with Crippen molar-refractivity contribution in [3.05, 3.63) is 55.4 Å². The summed E-state index contributed by atoms with van der Waals surface area (Å²) in [6.45, 7) is 2.72. The number of aromatic nitrogens is 2. The van der Waals surface area contributed by atoms with Gasteiger partial charge in [0.15, 0.2) is 0 Å². The van der Waals surface area contributed by atoms with Gasteiger partial charge < -0.3 is 5.11 Å². The predicted molar refractivity (Wildman–Crippen MR) is 80.2 cm³/mol. The smallest absolute Gasteiger partial charge is 0.318 e. The van der Waals surface area contributed by atoms with Gasteiger partial charge in [-0.05, 0) is 12.1 Å². The van der Waals surface area contributed by atoms with Crippen LogP contribution in [0.3, 0.4) is 0 Å². The van der Waals surface area contributed by atoms with E-state index in [1.165, 1.54) is 23.2 Å². The molecule has 0 saturated carbocycles. The topological polar surface area (TPSA) is 92.5 Å². The molecule has 7 nitrogen and oxygen atoms in total. The lowest BCUT2D eigenvalue weighted by Gasteiger charge is -2.17. The zero-order chi connectivity index (χ0) is 16.2. The van der Waals surface area contributed by atoms with Gasteiger partial charge in [0, 0.05) is 6.54 Å². The van der Waals surface area contributed by atoms with Gasteiger partial charge in [0.1, 0.15) is 11.4 Å². The van der Waals surface area contributed by atoms with Crippen molar-refractivity contribution in [1.82, 2.24) is 14.1 Å². The molecule has 0 amide bonds. The molecular weight excluding hydrogens is 306 g/mol. The van der Waals surface area contributed by atoms with Gasteiger partial charge in [-0.1, -0.05) is 24.3 Å². The van der Waals surface area contributed by atoms with Gasteiger partial charge in [-0.15, -0.1) is 6.58 Å². The quantitative estimate of drug-likeness (QED) is 0.772. The minimum absolute atomic E-state index is 0.0700. The molecule has 8 heteroatoms. The SMILES string of the molecule is C=CCN(CC(=O)O)S(=O)(=O)c1cnn(-c2ccccc2)c1. The average Bonchev–Trinajstić information content (AvgIpc) is 2.98. The van der Waals surface area contributed by atoms with E-state index in [-0.39, 0.29) is 11.4 Å². The van der Waals surface area contributed by atoms with Crippen molar-refractivity contribution < 1.29 is 18.3 Å². The van der Waals surface area contributed by atoms with Crippen LogP contribution in [-0.2, 0) is 14.8 Å². The fourth-order valence-electron chi connectivity index (χ4n) is 1.85. The number of carboxylic acids is 1. The summed E-state index contributed by atoms with van der Waals surface area (Å²) in [5.74, 6) is -1.24. The van der Waals surface area contributed by atoms with E-state index in [0.29, 0.717) is 5.69 Å². The van der Waals surface area contributed by atoms with Gasteiger partial charge in [0.2, 0.25) is 10.0 Å². The van der Waals surface area contributed by atoms with Crippen LogP contribution in [0.15, 0.2) is 60.3 Å². The Labute approximate surface area is 128 Å². The molecule has 0 unspecified atom stereocenters. The maximum Gasteiger partial charge on any atom is 0.318 e. The highest BCUT2D eigenvalue weighted by atomic mass is 32.2. The number of carbonyl (C=O) groups is 1. The van der Waals surface area contributed by atoms with E-state index in [2.05, 4.69) is 11.7 Å². The van der Waals surface area contributed by atoms with Gasteiger partial charge in [-0.25, -0.2) is 13.1 Å². The summed E-state index contributed by atoms with van der Waals surface area (Å²) in [7, 11) is -3.95. The Kier molecular flexibility index (Phi) is 4.74. The highest BCUT2D eigenvalue weighted by molar-refractivity contribution is 7.89. The molecule has 116 valence electrons. The first kappa shape index (κ1) is 15.9. The summed E-state index contributed by atoms with van der Waals surface area (Å²) in [6, 6.07) is 9.01. The molecule has 1 heterocycles. The highest BCUT2D eigenvalue weighted by Crippen LogP contribution is 2.17. The standard InChI is InChI=1S/C14H15N3O4S/c1-2-8-16(11-14(18)19)22(20,21)13-9-15-17(10-13)12-6-4-3-5-7-12/h2-7,9-10H,1,8,11H2,(H,18,19). The molecule has 0 saturated heterocycles. The third-order valence-electron chi connectivity index (χ3n) is 2.86. The van der Waals surface area contributed by atoms with Gasteiger partial charge >= 0.3 is 5.97 Å². The third-order valence-corrected chi connectivity index (χ3v) is 4.63. The Morgan fingerprint density at radius 3 is 2.64 bits per heavy atom. The van der Waals surface area contributed by atoms with Crippen molar-refractivity contribution in [2.75, 3.05) is 13.1 Å². The predicted octanol–water partition coefficient (Wildman–Crippen LogP) is 1.13. The van der Waals surface area contributed by atoms with E-state index in [4.69, 9.17) is 5.11 Å². The maximum absolute atomic E-state index is 12.5. The van der Waals surface area contributed by atoms with Crippen LogP contribution >= 0.6 is 0 Å². The molecule has 0 atom stereocenters. The largest absolute Gasteiger partial charge is 0.480 e. The Balaban J connectivity index is 2.35. The van der Waals surface area contributed by atoms with Crippen LogP contribution in [0.5, 0.6) is 0 Å². The molecular formula is C14H15N3O4S. The number of sulfonamides is 1. The lowest BCUT2D eigenvalue weighted by molar-refractivity contribution is -0.137. The van der Waals surface area contributed by atoms with Crippen molar-refractivity contribution in [2.45, 2.75) is 4.90 Å². The minimum atomic E-state index is -3.95. The first-order valence-corrected chi connectivity index (χ1v) is 7.82. The van der Waals surface area contributed by atoms with Crippen molar-refractivity contribution in [2.24, 2.45) is 0 Å². The number of carboxylic acid groups (broad SMARTS) is 1. The molecule has 0 aliphatic heterocycles. The van der Waals surface area contributed by atoms with E-state index in [9.17, 15) is 13.2 Å². The van der Waals surface area contributed by atoms with Crippen molar-refractivity contribution in [1.29, 1.82) is 0 Å². The third kappa shape index (κ3) is 3.41. The summed E-state index contributed by atoms with van der Waals surface area (Å²) >= 11 is 0. The van der Waals surface area contributed by atoms with Crippen molar-refractivity contribution in [3.8, 4) is 5.69 Å². The van der Waals surface area contributed by atoms with Gasteiger partial charge in [0.05, 0.1) is 18.1 Å². The van der Waals surface area contributed by atoms with Crippen LogP contribution in [-0.4, -0.2) is 46.7 Å².